The van der Waals surface area contributed by atoms with Gasteiger partial charge in [-0.05, 0) is 140 Å². The number of alkyl halides is 1. The second kappa shape index (κ2) is 27.1. The Morgan fingerprint density at radius 2 is 1.56 bits per heavy atom. The summed E-state index contributed by atoms with van der Waals surface area (Å²) in [6.45, 7) is 15.9. The first kappa shape index (κ1) is 63.5. The summed E-state index contributed by atoms with van der Waals surface area (Å²) in [6, 6.07) is 18.6. The number of nitrogens with one attached hydrogen (secondary N) is 1. The van der Waals surface area contributed by atoms with E-state index >= 15 is 0 Å². The maximum Gasteiger partial charge on any atom is 0.312 e. The molecule has 17 nitrogen and oxygen atoms in total. The molecule has 79 heavy (non-hydrogen) atoms. The normalized spacial score (nSPS) is 37.1. The first-order chi connectivity index (χ1) is 37.3. The Balaban J connectivity index is 1.06. The SMILES string of the molecule is CO[C@]1(C)C[C@H](O[C@H]2[C@H](C)[C@@H](O[C@@H]3O[C@H](C)C[C@H](N(C)C)[C@H]3O)[C@](C)(O)C[C@@H](C)/C(=N\OCCCCCNC(=O)/C=C/c3cc4c(s3)-c3ccccc3Sc3ccccc3-4)[C@H](C)[C@@H](O)[C@](C)(O)[C@@H](I)OC(=O)[C@@H]2C)O[C@@H](C)[C@@H]1O. The largest absolute Gasteiger partial charge is 0.448 e. The van der Waals surface area contributed by atoms with Crippen molar-refractivity contribution in [3.8, 4) is 21.6 Å². The van der Waals surface area contributed by atoms with Crippen LogP contribution in [0.4, 0.5) is 0 Å². The molecule has 1 aromatic heterocycles. The van der Waals surface area contributed by atoms with Gasteiger partial charge in [0.2, 0.25) is 5.91 Å². The zero-order chi connectivity index (χ0) is 57.7. The van der Waals surface area contributed by atoms with Crippen LogP contribution in [0.25, 0.3) is 27.6 Å². The van der Waals surface area contributed by atoms with Crippen molar-refractivity contribution < 1.29 is 68.4 Å². The van der Waals surface area contributed by atoms with Crippen LogP contribution in [0.1, 0.15) is 106 Å². The molecular weight excluding hydrogens is 1170 g/mol. The van der Waals surface area contributed by atoms with Crippen molar-refractivity contribution in [2.24, 2.45) is 28.8 Å². The first-order valence-electron chi connectivity index (χ1n) is 27.6. The molecule has 438 valence electrons. The number of carbonyl (C=O) groups excluding carboxylic acids is 2. The number of esters is 1. The highest BCUT2D eigenvalue weighted by molar-refractivity contribution is 14.1. The Morgan fingerprint density at radius 1 is 0.886 bits per heavy atom. The van der Waals surface area contributed by atoms with Crippen molar-refractivity contribution in [2.45, 2.75) is 193 Å². The maximum atomic E-state index is 14.4. The Kier molecular flexibility index (Phi) is 21.8. The summed E-state index contributed by atoms with van der Waals surface area (Å²) >= 11 is 5.25. The number of carbonyl (C=O) groups is 2. The molecule has 5 heterocycles. The van der Waals surface area contributed by atoms with Gasteiger partial charge in [0.1, 0.15) is 24.4 Å². The third-order valence-corrected chi connectivity index (χ3v) is 20.1. The standard InChI is InChI=1S/C59H84IN3O14S2/c1-32-30-57(7,69)53(76-55-48(65)42(63(10)11)28-33(2)73-55)35(4)49(75-46-31-58(8,71-12)52(67)37(6)74-46)36(5)54(68)77-56(60)59(9,70)51(66)34(3)47(32)62-72-27-19-13-18-26-61-45(64)25-24-38-29-41-39-20-14-16-22-43(39)79-44-23-17-15-21-40(44)50(41)78-38/h14-17,20-25,29,32-37,42,46,48-49,51-53,55-56,65-67,69-70H,13,18-19,26-28,30-31H2,1-12H3,(H,61,64)/b25-24+,62-47+/t32-,33-,34+,35+,36-,37+,42+,46+,48-,49+,51-,52+,53-,55+,56+,57-,58-,59+/m1/s1. The molecule has 20 heteroatoms. The van der Waals surface area contributed by atoms with Gasteiger partial charge in [0, 0.05) is 80.6 Å². The number of fused-ring (bicyclic) bond motifs is 5. The van der Waals surface area contributed by atoms with E-state index in [1.807, 2.05) is 38.9 Å². The lowest BCUT2D eigenvalue weighted by Crippen LogP contribution is -2.61. The van der Waals surface area contributed by atoms with E-state index in [-0.39, 0.29) is 37.5 Å². The van der Waals surface area contributed by atoms with E-state index < -0.39 is 99.8 Å². The van der Waals surface area contributed by atoms with Crippen molar-refractivity contribution in [1.82, 2.24) is 10.2 Å². The lowest BCUT2D eigenvalue weighted by Gasteiger charge is -2.49. The highest BCUT2D eigenvalue weighted by Crippen LogP contribution is 2.51. The van der Waals surface area contributed by atoms with E-state index in [9.17, 15) is 35.1 Å². The number of aliphatic hydroxyl groups is 5. The van der Waals surface area contributed by atoms with E-state index in [1.165, 1.54) is 39.8 Å². The summed E-state index contributed by atoms with van der Waals surface area (Å²) in [5.74, 6) is -4.42. The Bertz CT molecular complexity index is 2540. The Morgan fingerprint density at radius 3 is 2.24 bits per heavy atom. The number of rotatable bonds is 15. The molecule has 4 aliphatic rings. The van der Waals surface area contributed by atoms with Crippen LogP contribution in [-0.2, 0) is 42.8 Å². The number of cyclic esters (lactones) is 1. The first-order valence-corrected chi connectivity index (χ1v) is 30.5. The third kappa shape index (κ3) is 14.8. The molecule has 3 aromatic rings. The van der Waals surface area contributed by atoms with Crippen LogP contribution in [-0.4, -0.2) is 165 Å². The number of ether oxygens (including phenoxy) is 6. The number of hydrogen-bond donors (Lipinski definition) is 6. The number of methoxy groups -OCH3 is 1. The van der Waals surface area contributed by atoms with Gasteiger partial charge >= 0.3 is 5.97 Å². The van der Waals surface area contributed by atoms with Crippen molar-refractivity contribution in [1.29, 1.82) is 0 Å². The molecule has 0 unspecified atom stereocenters. The van der Waals surface area contributed by atoms with Gasteiger partial charge in [0.15, 0.2) is 16.7 Å². The molecule has 6 N–H and O–H groups in total. The number of nitrogens with zero attached hydrogens (tertiary/aromatic N) is 2. The quantitative estimate of drug-likeness (QED) is 0.0164. The number of unbranched alkanes of at least 4 members (excludes halogenated alkanes) is 2. The molecular formula is C59H84IN3O14S2. The Hall–Kier alpha value is -3.07. The van der Waals surface area contributed by atoms with Gasteiger partial charge in [-0.25, -0.2) is 0 Å². The number of amides is 1. The van der Waals surface area contributed by atoms with Crippen LogP contribution >= 0.6 is 45.7 Å². The van der Waals surface area contributed by atoms with Gasteiger partial charge in [-0.1, -0.05) is 74.1 Å². The number of aliphatic hydroxyl groups excluding tert-OH is 3. The van der Waals surface area contributed by atoms with E-state index in [4.69, 9.17) is 33.3 Å². The summed E-state index contributed by atoms with van der Waals surface area (Å²) in [7, 11) is 5.22. The smallest absolute Gasteiger partial charge is 0.312 e. The van der Waals surface area contributed by atoms with Crippen LogP contribution in [0.15, 0.2) is 75.6 Å². The maximum absolute atomic E-state index is 14.4. The van der Waals surface area contributed by atoms with Gasteiger partial charge in [0.25, 0.3) is 0 Å². The predicted molar refractivity (Wildman–Crippen MR) is 314 cm³/mol. The van der Waals surface area contributed by atoms with Crippen LogP contribution < -0.4 is 5.32 Å². The molecule has 0 aliphatic carbocycles. The summed E-state index contributed by atoms with van der Waals surface area (Å²) < 4.78 is 36.6. The van der Waals surface area contributed by atoms with Crippen LogP contribution in [0.5, 0.6) is 0 Å². The average molecular weight is 1250 g/mol. The summed E-state index contributed by atoms with van der Waals surface area (Å²) in [4.78, 5) is 39.9. The van der Waals surface area contributed by atoms with Gasteiger partial charge in [-0.15, -0.1) is 11.3 Å². The van der Waals surface area contributed by atoms with Crippen molar-refractivity contribution in [3.63, 3.8) is 0 Å². The fourth-order valence-corrected chi connectivity index (χ4v) is 14.4. The summed E-state index contributed by atoms with van der Waals surface area (Å²) in [5, 5.41) is 67.5. The number of hydrogen-bond acceptors (Lipinski definition) is 18. The molecule has 0 bridgehead atoms. The lowest BCUT2D eigenvalue weighted by molar-refractivity contribution is -0.317. The third-order valence-electron chi connectivity index (χ3n) is 16.3. The monoisotopic (exact) mass is 1250 g/mol. The van der Waals surface area contributed by atoms with E-state index in [0.29, 0.717) is 37.9 Å². The van der Waals surface area contributed by atoms with Crippen LogP contribution in [0, 0.1) is 23.7 Å². The van der Waals surface area contributed by atoms with E-state index in [0.717, 1.165) is 10.4 Å². The molecule has 1 amide bonds. The van der Waals surface area contributed by atoms with Crippen molar-refractivity contribution >= 4 is 69.4 Å². The van der Waals surface area contributed by atoms with Crippen molar-refractivity contribution in [3.05, 3.63) is 65.6 Å². The van der Waals surface area contributed by atoms with Crippen LogP contribution in [0.3, 0.4) is 0 Å². The minimum atomic E-state index is -2.01. The minimum absolute atomic E-state index is 0.0347. The molecule has 2 aromatic carbocycles. The molecule has 3 saturated heterocycles. The number of oxime groups is 1. The molecule has 7 rings (SSSR count). The fraction of sp³-hybridized carbons (Fsp3) is 0.644. The highest BCUT2D eigenvalue weighted by Gasteiger charge is 2.53. The molecule has 0 radical (unpaired) electrons. The van der Waals surface area contributed by atoms with Gasteiger partial charge in [0.05, 0.1) is 53.4 Å². The average Bonchev–Trinajstić information content (AvgIpc) is 3.93. The zero-order valence-corrected chi connectivity index (χ0v) is 51.5. The second-order valence-corrected chi connectivity index (χ2v) is 26.3. The predicted octanol–water partition coefficient (Wildman–Crippen LogP) is 8.43. The molecule has 3 fully saturated rings. The van der Waals surface area contributed by atoms with Crippen molar-refractivity contribution in [2.75, 3.05) is 34.4 Å². The number of likely N-dealkylation sites (N-methyl/N-ethyl adjacent to an activating group) is 1. The fourth-order valence-electron chi connectivity index (χ4n) is 11.6. The van der Waals surface area contributed by atoms with Crippen LogP contribution in [0.2, 0.25) is 0 Å². The molecule has 0 spiro atoms. The number of thiophene rings is 1. The Labute approximate surface area is 488 Å². The van der Waals surface area contributed by atoms with Gasteiger partial charge < -0.3 is 69.0 Å². The summed E-state index contributed by atoms with van der Waals surface area (Å²) in [6.07, 6.45) is -3.26. The van der Waals surface area contributed by atoms with Gasteiger partial charge in [-0.2, -0.15) is 0 Å². The topological polar surface area (TPSA) is 228 Å². The molecule has 4 aliphatic heterocycles. The van der Waals surface area contributed by atoms with E-state index in [2.05, 4.69) is 65.1 Å². The second-order valence-electron chi connectivity index (χ2n) is 23.0. The highest BCUT2D eigenvalue weighted by atomic mass is 127. The zero-order valence-electron chi connectivity index (χ0n) is 47.7. The number of halogens is 1. The van der Waals surface area contributed by atoms with Gasteiger partial charge in [-0.3, -0.25) is 9.59 Å². The number of benzene rings is 2. The summed E-state index contributed by atoms with van der Waals surface area (Å²) in [5.41, 5.74) is -1.02. The van der Waals surface area contributed by atoms with E-state index in [1.54, 1.807) is 93.3 Å². The lowest BCUT2D eigenvalue weighted by atomic mass is 9.74. The minimum Gasteiger partial charge on any atom is -0.448 e. The molecule has 18 atom stereocenters. The molecule has 0 saturated carbocycles.